The van der Waals surface area contributed by atoms with Crippen LogP contribution in [-0.2, 0) is 16.1 Å². The van der Waals surface area contributed by atoms with Crippen molar-refractivity contribution in [1.29, 1.82) is 0 Å². The molecule has 1 aromatic heterocycles. The summed E-state index contributed by atoms with van der Waals surface area (Å²) in [6.07, 6.45) is 0. The zero-order valence-corrected chi connectivity index (χ0v) is 22.6. The highest BCUT2D eigenvalue weighted by Crippen LogP contribution is 2.21. The molecule has 0 spiro atoms. The molecule has 4 rings (SSSR count). The first kappa shape index (κ1) is 27.9. The molecule has 9 nitrogen and oxygen atoms in total. The third-order valence-corrected chi connectivity index (χ3v) is 6.73. The Kier molecular flexibility index (Phi) is 9.71. The van der Waals surface area contributed by atoms with Crippen LogP contribution in [0.2, 0.25) is 0 Å². The van der Waals surface area contributed by atoms with E-state index < -0.39 is 0 Å². The largest absolute Gasteiger partial charge is 0.494 e. The fourth-order valence-corrected chi connectivity index (χ4v) is 4.64. The number of hydrogen-bond donors (Lipinski definition) is 2. The first-order valence-corrected chi connectivity index (χ1v) is 13.5. The number of aromatic nitrogens is 2. The Balaban J connectivity index is 1.50. The molecule has 0 aliphatic rings. The summed E-state index contributed by atoms with van der Waals surface area (Å²) in [6.45, 7) is 3.57. The van der Waals surface area contributed by atoms with E-state index in [-0.39, 0.29) is 29.7 Å². The lowest BCUT2D eigenvalue weighted by molar-refractivity contribution is -0.113. The number of carbonyl (C=O) groups excluding carboxylic acids is 2. The van der Waals surface area contributed by atoms with Crippen molar-refractivity contribution < 1.29 is 19.1 Å². The molecule has 2 amide bonds. The van der Waals surface area contributed by atoms with E-state index >= 15 is 0 Å². The van der Waals surface area contributed by atoms with Crippen LogP contribution in [-0.4, -0.2) is 54.0 Å². The third-order valence-electron chi connectivity index (χ3n) is 5.76. The van der Waals surface area contributed by atoms with Crippen molar-refractivity contribution in [2.45, 2.75) is 18.6 Å². The van der Waals surface area contributed by atoms with Gasteiger partial charge in [0.05, 0.1) is 36.4 Å². The molecule has 1 heterocycles. The highest BCUT2D eigenvalue weighted by atomic mass is 32.2. The van der Waals surface area contributed by atoms with Crippen molar-refractivity contribution in [3.05, 3.63) is 94.3 Å². The Morgan fingerprint density at radius 2 is 1.74 bits per heavy atom. The lowest BCUT2D eigenvalue weighted by atomic mass is 10.1. The second-order valence-electron chi connectivity index (χ2n) is 8.54. The molecule has 0 saturated heterocycles. The van der Waals surface area contributed by atoms with Crippen molar-refractivity contribution >= 4 is 40.2 Å². The second-order valence-corrected chi connectivity index (χ2v) is 9.49. The minimum Gasteiger partial charge on any atom is -0.494 e. The number of fused-ring (bicyclic) bond motifs is 1. The predicted molar refractivity (Wildman–Crippen MR) is 153 cm³/mol. The molecule has 0 unspecified atom stereocenters. The van der Waals surface area contributed by atoms with Gasteiger partial charge in [-0.15, -0.1) is 0 Å². The van der Waals surface area contributed by atoms with Gasteiger partial charge in [0.2, 0.25) is 5.91 Å². The highest BCUT2D eigenvalue weighted by molar-refractivity contribution is 7.99. The van der Waals surface area contributed by atoms with E-state index in [1.54, 1.807) is 78.4 Å². The van der Waals surface area contributed by atoms with Gasteiger partial charge in [-0.2, -0.15) is 0 Å². The first-order valence-electron chi connectivity index (χ1n) is 12.5. The Hall–Kier alpha value is -4.15. The maximum absolute atomic E-state index is 13.4. The van der Waals surface area contributed by atoms with Crippen LogP contribution in [0.1, 0.15) is 22.8 Å². The molecular formula is C29H30N4O5S. The minimum absolute atomic E-state index is 0.0680. The van der Waals surface area contributed by atoms with Crippen LogP contribution in [0.25, 0.3) is 10.9 Å². The van der Waals surface area contributed by atoms with E-state index in [2.05, 4.69) is 15.6 Å². The number of carbonyl (C=O) groups is 2. The maximum atomic E-state index is 13.4. The van der Waals surface area contributed by atoms with Crippen LogP contribution in [0.15, 0.2) is 82.7 Å². The quantitative estimate of drug-likeness (QED) is 0.157. The summed E-state index contributed by atoms with van der Waals surface area (Å²) in [6, 6.07) is 21.3. The maximum Gasteiger partial charge on any atom is 0.262 e. The highest BCUT2D eigenvalue weighted by Gasteiger charge is 2.15. The minimum atomic E-state index is -0.220. The number of hydrogen-bond acceptors (Lipinski definition) is 7. The van der Waals surface area contributed by atoms with E-state index in [4.69, 9.17) is 9.47 Å². The average Bonchev–Trinajstić information content (AvgIpc) is 2.95. The van der Waals surface area contributed by atoms with E-state index in [9.17, 15) is 14.4 Å². The van der Waals surface area contributed by atoms with Crippen molar-refractivity contribution in [2.24, 2.45) is 0 Å². The van der Waals surface area contributed by atoms with E-state index in [0.29, 0.717) is 47.1 Å². The van der Waals surface area contributed by atoms with Gasteiger partial charge in [0.1, 0.15) is 5.75 Å². The lowest BCUT2D eigenvalue weighted by Gasteiger charge is -2.14. The second kappa shape index (κ2) is 13.6. The van der Waals surface area contributed by atoms with Crippen LogP contribution in [0, 0.1) is 0 Å². The SMILES string of the molecule is CCOc1ccc(NC(=O)CSc2nc3ccccc3c(=O)n2Cc2ccc(C(=O)NCCOC)cc2)cc1. The number of rotatable bonds is 12. The molecular weight excluding hydrogens is 516 g/mol. The number of amides is 2. The van der Waals surface area contributed by atoms with Gasteiger partial charge in [-0.05, 0) is 61.0 Å². The van der Waals surface area contributed by atoms with Gasteiger partial charge in [-0.25, -0.2) is 4.98 Å². The topological polar surface area (TPSA) is 112 Å². The predicted octanol–water partition coefficient (Wildman–Crippen LogP) is 3.95. The molecule has 0 atom stereocenters. The summed E-state index contributed by atoms with van der Waals surface area (Å²) in [5, 5.41) is 6.57. The fourth-order valence-electron chi connectivity index (χ4n) is 3.84. The zero-order chi connectivity index (χ0) is 27.6. The summed E-state index contributed by atoms with van der Waals surface area (Å²) < 4.78 is 12.0. The Labute approximate surface area is 230 Å². The van der Waals surface area contributed by atoms with Gasteiger partial charge in [-0.3, -0.25) is 19.0 Å². The van der Waals surface area contributed by atoms with Crippen LogP contribution >= 0.6 is 11.8 Å². The number of thioether (sulfide) groups is 1. The molecule has 0 bridgehead atoms. The summed E-state index contributed by atoms with van der Waals surface area (Å²) >= 11 is 1.19. The van der Waals surface area contributed by atoms with Crippen molar-refractivity contribution in [3.8, 4) is 5.75 Å². The molecule has 0 aliphatic heterocycles. The van der Waals surface area contributed by atoms with Gasteiger partial charge >= 0.3 is 0 Å². The van der Waals surface area contributed by atoms with Crippen LogP contribution in [0.4, 0.5) is 5.69 Å². The Bertz CT molecular complexity index is 1490. The standard InChI is InChI=1S/C29H30N4O5S/c1-3-38-23-14-12-22(13-15-23)31-26(34)19-39-29-32-25-7-5-4-6-24(25)28(36)33(29)18-20-8-10-21(11-9-20)27(35)30-16-17-37-2/h4-15H,3,16-19H2,1-2H3,(H,30,35)(H,31,34). The number of nitrogens with zero attached hydrogens (tertiary/aromatic N) is 2. The van der Waals surface area contributed by atoms with E-state index in [1.807, 2.05) is 13.0 Å². The van der Waals surface area contributed by atoms with Gasteiger partial charge in [0.15, 0.2) is 5.16 Å². The lowest BCUT2D eigenvalue weighted by Crippen LogP contribution is -2.27. The van der Waals surface area contributed by atoms with Crippen molar-refractivity contribution in [1.82, 2.24) is 14.9 Å². The normalized spacial score (nSPS) is 10.8. The molecule has 10 heteroatoms. The number of para-hydroxylation sites is 1. The van der Waals surface area contributed by atoms with E-state index in [0.717, 1.165) is 11.3 Å². The molecule has 2 N–H and O–H groups in total. The summed E-state index contributed by atoms with van der Waals surface area (Å²) in [5.41, 5.74) is 2.36. The molecule has 0 aliphatic carbocycles. The van der Waals surface area contributed by atoms with Crippen LogP contribution < -0.4 is 20.9 Å². The first-order chi connectivity index (χ1) is 19.0. The van der Waals surface area contributed by atoms with Gasteiger partial charge in [-0.1, -0.05) is 36.0 Å². The summed E-state index contributed by atoms with van der Waals surface area (Å²) in [4.78, 5) is 43.1. The number of anilines is 1. The molecule has 4 aromatic rings. The van der Waals surface area contributed by atoms with Crippen molar-refractivity contribution in [3.63, 3.8) is 0 Å². The smallest absolute Gasteiger partial charge is 0.262 e. The number of benzene rings is 3. The molecule has 39 heavy (non-hydrogen) atoms. The third kappa shape index (κ3) is 7.46. The fraction of sp³-hybridized carbons (Fsp3) is 0.241. The molecule has 3 aromatic carbocycles. The summed E-state index contributed by atoms with van der Waals surface area (Å²) in [7, 11) is 1.57. The van der Waals surface area contributed by atoms with Gasteiger partial charge in [0.25, 0.3) is 11.5 Å². The Morgan fingerprint density at radius 1 is 1.00 bits per heavy atom. The van der Waals surface area contributed by atoms with Gasteiger partial charge in [0, 0.05) is 24.9 Å². The van der Waals surface area contributed by atoms with Crippen LogP contribution in [0.5, 0.6) is 5.75 Å². The average molecular weight is 547 g/mol. The zero-order valence-electron chi connectivity index (χ0n) is 21.8. The van der Waals surface area contributed by atoms with Crippen molar-refractivity contribution in [2.75, 3.05) is 37.9 Å². The van der Waals surface area contributed by atoms with E-state index in [1.165, 1.54) is 11.8 Å². The summed E-state index contributed by atoms with van der Waals surface area (Å²) in [5.74, 6) is 0.382. The van der Waals surface area contributed by atoms with Gasteiger partial charge < -0.3 is 20.1 Å². The van der Waals surface area contributed by atoms with Crippen LogP contribution in [0.3, 0.4) is 0 Å². The monoisotopic (exact) mass is 546 g/mol. The number of nitrogens with one attached hydrogen (secondary N) is 2. The number of ether oxygens (including phenoxy) is 2. The molecule has 202 valence electrons. The Morgan fingerprint density at radius 3 is 2.46 bits per heavy atom. The molecule has 0 fully saturated rings. The number of methoxy groups -OCH3 is 1. The molecule has 0 radical (unpaired) electrons. The molecule has 0 saturated carbocycles.